The van der Waals surface area contributed by atoms with E-state index >= 15 is 0 Å². The van der Waals surface area contributed by atoms with Crippen molar-refractivity contribution in [2.75, 3.05) is 13.2 Å². The number of nitrogens with one attached hydrogen (secondary N) is 2. The van der Waals surface area contributed by atoms with Gasteiger partial charge in [-0.25, -0.2) is 4.99 Å². The highest BCUT2D eigenvalue weighted by molar-refractivity contribution is 5.79. The molecule has 7 nitrogen and oxygen atoms in total. The van der Waals surface area contributed by atoms with Gasteiger partial charge in [-0.1, -0.05) is 38.1 Å². The molecule has 0 radical (unpaired) electrons. The molecule has 0 saturated carbocycles. The lowest BCUT2D eigenvalue weighted by molar-refractivity contribution is 0.287. The zero-order chi connectivity index (χ0) is 20.5. The molecule has 2 N–H and O–H groups in total. The van der Waals surface area contributed by atoms with Crippen LogP contribution in [0.4, 0.5) is 0 Å². The van der Waals surface area contributed by atoms with Gasteiger partial charge in [0.2, 0.25) is 0 Å². The third-order valence-electron chi connectivity index (χ3n) is 4.48. The fourth-order valence-electron chi connectivity index (χ4n) is 2.86. The van der Waals surface area contributed by atoms with E-state index in [9.17, 15) is 0 Å². The second-order valence-electron chi connectivity index (χ2n) is 7.23. The van der Waals surface area contributed by atoms with E-state index in [2.05, 4.69) is 40.7 Å². The average molecular weight is 395 g/mol. The number of guanidine groups is 1. The Balaban J connectivity index is 1.65. The summed E-state index contributed by atoms with van der Waals surface area (Å²) in [7, 11) is 0. The van der Waals surface area contributed by atoms with E-state index in [0.717, 1.165) is 48.3 Å². The van der Waals surface area contributed by atoms with Crippen molar-refractivity contribution in [2.45, 2.75) is 40.3 Å². The molecule has 1 aromatic carbocycles. The third kappa shape index (κ3) is 5.94. The lowest BCUT2D eigenvalue weighted by Crippen LogP contribution is -2.37. The molecule has 0 amide bonds. The summed E-state index contributed by atoms with van der Waals surface area (Å²) in [5.74, 6) is 3.09. The second-order valence-corrected chi connectivity index (χ2v) is 7.23. The molecule has 0 aliphatic carbocycles. The van der Waals surface area contributed by atoms with Gasteiger partial charge in [0.25, 0.3) is 0 Å². The zero-order valence-electron chi connectivity index (χ0n) is 17.4. The number of hydrogen-bond donors (Lipinski definition) is 2. The lowest BCUT2D eigenvalue weighted by atomic mass is 10.1. The normalized spacial score (nSPS) is 11.8. The summed E-state index contributed by atoms with van der Waals surface area (Å²) in [4.78, 5) is 4.72. The van der Waals surface area contributed by atoms with Crippen LogP contribution in [0.2, 0.25) is 0 Å². The fourth-order valence-corrected chi connectivity index (χ4v) is 2.86. The minimum Gasteiger partial charge on any atom is -0.493 e. The largest absolute Gasteiger partial charge is 0.493 e. The van der Waals surface area contributed by atoms with Crippen LogP contribution in [0.15, 0.2) is 53.7 Å². The average Bonchev–Trinajstić information content (AvgIpc) is 3.14. The van der Waals surface area contributed by atoms with E-state index in [1.54, 1.807) is 0 Å². The molecule has 0 fully saturated rings. The predicted octanol–water partition coefficient (Wildman–Crippen LogP) is 3.41. The fraction of sp³-hybridized carbons (Fsp3) is 0.409. The summed E-state index contributed by atoms with van der Waals surface area (Å²) in [5.41, 5.74) is 1.90. The molecule has 0 aliphatic rings. The van der Waals surface area contributed by atoms with E-state index in [1.165, 1.54) is 0 Å². The Kier molecular flexibility index (Phi) is 7.44. The molecule has 3 aromatic rings. The molecule has 0 bridgehead atoms. The number of benzene rings is 1. The number of fused-ring (bicyclic) bond motifs is 1. The first-order valence-corrected chi connectivity index (χ1v) is 10.2. The molecule has 154 valence electrons. The van der Waals surface area contributed by atoms with Crippen molar-refractivity contribution in [3.63, 3.8) is 0 Å². The first-order valence-electron chi connectivity index (χ1n) is 10.2. The Hall–Kier alpha value is -3.09. The van der Waals surface area contributed by atoms with Gasteiger partial charge in [-0.15, -0.1) is 10.2 Å². The SMILES string of the molecule is CCNC(=NCc1ccccc1OCCC(C)C)NCc1nnc2ccccn12. The maximum atomic E-state index is 5.98. The van der Waals surface area contributed by atoms with Crippen LogP contribution < -0.4 is 15.4 Å². The van der Waals surface area contributed by atoms with Gasteiger partial charge in [0.05, 0.1) is 19.7 Å². The minimum atomic E-state index is 0.531. The lowest BCUT2D eigenvalue weighted by Gasteiger charge is -2.13. The standard InChI is InChI=1S/C22H30N6O/c1-4-23-22(25-16-21-27-26-20-11-7-8-13-28(20)21)24-15-18-9-5-6-10-19(18)29-14-12-17(2)3/h5-11,13,17H,4,12,14-16H2,1-3H3,(H2,23,24,25). The van der Waals surface area contributed by atoms with Gasteiger partial charge in [0.1, 0.15) is 5.75 Å². The van der Waals surface area contributed by atoms with Gasteiger partial charge in [-0.05, 0) is 37.5 Å². The van der Waals surface area contributed by atoms with Gasteiger partial charge in [-0.2, -0.15) is 0 Å². The van der Waals surface area contributed by atoms with Crippen molar-refractivity contribution in [1.29, 1.82) is 0 Å². The third-order valence-corrected chi connectivity index (χ3v) is 4.48. The summed E-state index contributed by atoms with van der Waals surface area (Å²) in [6.07, 6.45) is 3.00. The number of ether oxygens (including phenoxy) is 1. The quantitative estimate of drug-likeness (QED) is 0.430. The highest BCUT2D eigenvalue weighted by atomic mass is 16.5. The summed E-state index contributed by atoms with van der Waals surface area (Å²) < 4.78 is 7.94. The number of aromatic nitrogens is 3. The van der Waals surface area contributed by atoms with Crippen LogP contribution in [0.25, 0.3) is 5.65 Å². The number of aliphatic imine (C=N–C) groups is 1. The van der Waals surface area contributed by atoms with E-state index in [4.69, 9.17) is 9.73 Å². The van der Waals surface area contributed by atoms with Gasteiger partial charge >= 0.3 is 0 Å². The van der Waals surface area contributed by atoms with Crippen LogP contribution >= 0.6 is 0 Å². The summed E-state index contributed by atoms with van der Waals surface area (Å²) >= 11 is 0. The molecule has 0 aliphatic heterocycles. The number of nitrogens with zero attached hydrogens (tertiary/aromatic N) is 4. The van der Waals surface area contributed by atoms with E-state index in [-0.39, 0.29) is 0 Å². The van der Waals surface area contributed by atoms with Gasteiger partial charge < -0.3 is 15.4 Å². The second kappa shape index (κ2) is 10.5. The number of hydrogen-bond acceptors (Lipinski definition) is 4. The minimum absolute atomic E-state index is 0.531. The maximum Gasteiger partial charge on any atom is 0.191 e. The van der Waals surface area contributed by atoms with Gasteiger partial charge in [-0.3, -0.25) is 4.40 Å². The molecule has 0 saturated heterocycles. The molecule has 2 aromatic heterocycles. The molecular formula is C22H30N6O. The first-order chi connectivity index (χ1) is 14.2. The molecule has 2 heterocycles. The maximum absolute atomic E-state index is 5.98. The summed E-state index contributed by atoms with van der Waals surface area (Å²) in [5, 5.41) is 15.1. The predicted molar refractivity (Wildman–Crippen MR) is 116 cm³/mol. The highest BCUT2D eigenvalue weighted by Gasteiger charge is 2.07. The van der Waals surface area contributed by atoms with Crippen LogP contribution in [-0.2, 0) is 13.1 Å². The van der Waals surface area contributed by atoms with Crippen LogP contribution in [0.1, 0.15) is 38.6 Å². The van der Waals surface area contributed by atoms with Crippen LogP contribution in [0.5, 0.6) is 5.75 Å². The van der Waals surface area contributed by atoms with Crippen LogP contribution in [0.3, 0.4) is 0 Å². The Labute approximate surface area is 172 Å². The monoisotopic (exact) mass is 394 g/mol. The molecule has 3 rings (SSSR count). The summed E-state index contributed by atoms with van der Waals surface area (Å²) in [6.45, 7) is 9.01. The molecule has 0 spiro atoms. The summed E-state index contributed by atoms with van der Waals surface area (Å²) in [6, 6.07) is 13.9. The van der Waals surface area contributed by atoms with Crippen molar-refractivity contribution in [3.8, 4) is 5.75 Å². The topological polar surface area (TPSA) is 75.8 Å². The molecule has 29 heavy (non-hydrogen) atoms. The van der Waals surface area contributed by atoms with Crippen molar-refractivity contribution in [1.82, 2.24) is 25.2 Å². The highest BCUT2D eigenvalue weighted by Crippen LogP contribution is 2.19. The smallest absolute Gasteiger partial charge is 0.191 e. The first kappa shape index (κ1) is 20.6. The van der Waals surface area contributed by atoms with Crippen molar-refractivity contribution >= 4 is 11.6 Å². The molecule has 0 unspecified atom stereocenters. The zero-order valence-corrected chi connectivity index (χ0v) is 17.4. The van der Waals surface area contributed by atoms with Crippen molar-refractivity contribution in [3.05, 3.63) is 60.0 Å². The number of rotatable bonds is 9. The number of pyridine rings is 1. The van der Waals surface area contributed by atoms with Gasteiger partial charge in [0.15, 0.2) is 17.4 Å². The molecule has 7 heteroatoms. The van der Waals surface area contributed by atoms with Gasteiger partial charge in [0, 0.05) is 18.3 Å². The Morgan fingerprint density at radius 1 is 1.10 bits per heavy atom. The molecule has 0 atom stereocenters. The van der Waals surface area contributed by atoms with Crippen molar-refractivity contribution < 1.29 is 4.74 Å². The Bertz CT molecular complexity index is 934. The van der Waals surface area contributed by atoms with Crippen LogP contribution in [-0.4, -0.2) is 33.7 Å². The van der Waals surface area contributed by atoms with Crippen molar-refractivity contribution in [2.24, 2.45) is 10.9 Å². The Morgan fingerprint density at radius 3 is 2.76 bits per heavy atom. The van der Waals surface area contributed by atoms with E-state index in [1.807, 2.05) is 53.9 Å². The van der Waals surface area contributed by atoms with E-state index in [0.29, 0.717) is 19.0 Å². The Morgan fingerprint density at radius 2 is 1.93 bits per heavy atom. The van der Waals surface area contributed by atoms with E-state index < -0.39 is 0 Å². The number of para-hydroxylation sites is 1. The molecular weight excluding hydrogens is 364 g/mol. The van der Waals surface area contributed by atoms with Crippen LogP contribution in [0, 0.1) is 5.92 Å².